The van der Waals surface area contributed by atoms with Crippen molar-refractivity contribution < 1.29 is 13.9 Å². The fourth-order valence-corrected chi connectivity index (χ4v) is 3.01. The van der Waals surface area contributed by atoms with Crippen LogP contribution in [0.25, 0.3) is 0 Å². The molecule has 0 fully saturated rings. The van der Waals surface area contributed by atoms with Crippen molar-refractivity contribution in [1.29, 1.82) is 0 Å². The van der Waals surface area contributed by atoms with E-state index in [9.17, 15) is 4.79 Å². The molecule has 0 unspecified atom stereocenters. The fraction of sp³-hybridized carbons (Fsp3) is 0.526. The molecule has 1 aromatic carbocycles. The van der Waals surface area contributed by atoms with Gasteiger partial charge in [0, 0.05) is 5.75 Å². The zero-order valence-electron chi connectivity index (χ0n) is 16.0. The third-order valence-electron chi connectivity index (χ3n) is 3.32. The molecule has 0 aliphatic heterocycles. The van der Waals surface area contributed by atoms with E-state index in [1.807, 2.05) is 39.0 Å². The van der Waals surface area contributed by atoms with Crippen LogP contribution in [0.4, 0.5) is 4.79 Å². The molecule has 26 heavy (non-hydrogen) atoms. The number of nitrogens with zero attached hydrogens (tertiary/aromatic N) is 2. The molecule has 0 spiro atoms. The molecule has 0 saturated heterocycles. The van der Waals surface area contributed by atoms with Gasteiger partial charge in [-0.15, -0.1) is 10.2 Å². The maximum atomic E-state index is 12.1. The minimum Gasteiger partial charge on any atom is -0.444 e. The van der Waals surface area contributed by atoms with Crippen molar-refractivity contribution in [2.24, 2.45) is 5.92 Å². The Bertz CT molecular complexity index is 696. The zero-order valence-corrected chi connectivity index (χ0v) is 16.8. The number of hydrogen-bond acceptors (Lipinski definition) is 6. The summed E-state index contributed by atoms with van der Waals surface area (Å²) in [5.41, 5.74) is 0.626. The number of rotatable bonds is 7. The summed E-state index contributed by atoms with van der Waals surface area (Å²) in [7, 11) is 0. The van der Waals surface area contributed by atoms with Crippen molar-refractivity contribution in [1.82, 2.24) is 15.5 Å². The number of aromatic nitrogens is 2. The highest BCUT2D eigenvalue weighted by atomic mass is 32.2. The molecule has 1 amide bonds. The topological polar surface area (TPSA) is 77.2 Å². The molecule has 0 aliphatic rings. The Morgan fingerprint density at radius 3 is 2.54 bits per heavy atom. The quantitative estimate of drug-likeness (QED) is 0.686. The van der Waals surface area contributed by atoms with E-state index in [2.05, 4.69) is 41.5 Å². The molecule has 142 valence electrons. The SMILES string of the molecule is CC(C)C[C@H](NC(=O)OC(C)(C)C)c1nnc(SCc2ccccc2)o1. The maximum absolute atomic E-state index is 12.1. The Morgan fingerprint density at radius 2 is 1.92 bits per heavy atom. The average molecular weight is 378 g/mol. The number of hydrogen-bond donors (Lipinski definition) is 1. The first-order valence-corrected chi connectivity index (χ1v) is 9.71. The summed E-state index contributed by atoms with van der Waals surface area (Å²) in [6.07, 6.45) is 0.198. The summed E-state index contributed by atoms with van der Waals surface area (Å²) in [4.78, 5) is 12.1. The largest absolute Gasteiger partial charge is 0.444 e. The molecular formula is C19H27N3O3S. The van der Waals surface area contributed by atoms with Gasteiger partial charge < -0.3 is 14.5 Å². The van der Waals surface area contributed by atoms with Crippen molar-refractivity contribution in [3.8, 4) is 0 Å². The number of nitrogens with one attached hydrogen (secondary N) is 1. The minimum atomic E-state index is -0.558. The van der Waals surface area contributed by atoms with Crippen molar-refractivity contribution in [3.05, 3.63) is 41.8 Å². The molecule has 0 bridgehead atoms. The standard InChI is InChI=1S/C19H27N3O3S/c1-13(2)11-15(20-17(23)25-19(3,4)5)16-21-22-18(24-16)26-12-14-9-7-6-8-10-14/h6-10,13,15H,11-12H2,1-5H3,(H,20,23)/t15-/m0/s1. The predicted molar refractivity (Wildman–Crippen MR) is 102 cm³/mol. The summed E-state index contributed by atoms with van der Waals surface area (Å²) < 4.78 is 11.1. The highest BCUT2D eigenvalue weighted by molar-refractivity contribution is 7.98. The number of alkyl carbamates (subject to hydrolysis) is 1. The first-order chi connectivity index (χ1) is 12.2. The summed E-state index contributed by atoms with van der Waals surface area (Å²) in [6, 6.07) is 9.71. The molecule has 1 atom stereocenters. The van der Waals surface area contributed by atoms with Gasteiger partial charge in [0.1, 0.15) is 11.6 Å². The van der Waals surface area contributed by atoms with E-state index in [0.29, 0.717) is 23.5 Å². The molecule has 0 aliphatic carbocycles. The monoisotopic (exact) mass is 377 g/mol. The zero-order chi connectivity index (χ0) is 19.2. The number of benzene rings is 1. The summed E-state index contributed by atoms with van der Waals surface area (Å²) in [5, 5.41) is 11.6. The first-order valence-electron chi connectivity index (χ1n) is 8.72. The molecule has 1 aromatic heterocycles. The van der Waals surface area contributed by atoms with Crippen LogP contribution in [0.5, 0.6) is 0 Å². The molecule has 6 nitrogen and oxygen atoms in total. The third kappa shape index (κ3) is 7.07. The smallest absolute Gasteiger partial charge is 0.408 e. The lowest BCUT2D eigenvalue weighted by atomic mass is 10.0. The molecule has 2 aromatic rings. The Kier molecular flexibility index (Phi) is 7.08. The van der Waals surface area contributed by atoms with Crippen LogP contribution in [-0.2, 0) is 10.5 Å². The molecular weight excluding hydrogens is 350 g/mol. The van der Waals surface area contributed by atoms with E-state index in [-0.39, 0.29) is 6.04 Å². The minimum absolute atomic E-state index is 0.349. The van der Waals surface area contributed by atoms with E-state index in [1.54, 1.807) is 0 Å². The molecule has 2 rings (SSSR count). The first kappa shape index (κ1) is 20.3. The Hall–Kier alpha value is -2.02. The number of ether oxygens (including phenoxy) is 1. The van der Waals surface area contributed by atoms with Gasteiger partial charge in [-0.3, -0.25) is 0 Å². The van der Waals surface area contributed by atoms with Gasteiger partial charge >= 0.3 is 6.09 Å². The van der Waals surface area contributed by atoms with E-state index < -0.39 is 11.7 Å². The second-order valence-corrected chi connectivity index (χ2v) is 8.44. The van der Waals surface area contributed by atoms with Crippen LogP contribution in [0.2, 0.25) is 0 Å². The van der Waals surface area contributed by atoms with Crippen molar-refractivity contribution >= 4 is 17.9 Å². The van der Waals surface area contributed by atoms with Gasteiger partial charge in [0.2, 0.25) is 5.89 Å². The number of amides is 1. The molecule has 7 heteroatoms. The van der Waals surface area contributed by atoms with Gasteiger partial charge in [-0.2, -0.15) is 0 Å². The molecule has 0 saturated carbocycles. The highest BCUT2D eigenvalue weighted by Crippen LogP contribution is 2.26. The van der Waals surface area contributed by atoms with E-state index in [1.165, 1.54) is 17.3 Å². The van der Waals surface area contributed by atoms with Crippen LogP contribution in [0.15, 0.2) is 40.0 Å². The van der Waals surface area contributed by atoms with E-state index in [4.69, 9.17) is 9.15 Å². The average Bonchev–Trinajstić information content (AvgIpc) is 3.00. The number of thioether (sulfide) groups is 1. The van der Waals surface area contributed by atoms with E-state index in [0.717, 1.165) is 5.75 Å². The van der Waals surface area contributed by atoms with Crippen molar-refractivity contribution in [2.75, 3.05) is 0 Å². The maximum Gasteiger partial charge on any atom is 0.408 e. The molecule has 1 heterocycles. The molecule has 0 radical (unpaired) electrons. The lowest BCUT2D eigenvalue weighted by Crippen LogP contribution is -2.35. The third-order valence-corrected chi connectivity index (χ3v) is 4.21. The normalized spacial score (nSPS) is 12.8. The fourth-order valence-electron chi connectivity index (χ4n) is 2.28. The second kappa shape index (κ2) is 9.07. The lowest BCUT2D eigenvalue weighted by molar-refractivity contribution is 0.0487. The Labute approximate surface area is 159 Å². The Morgan fingerprint density at radius 1 is 1.23 bits per heavy atom. The highest BCUT2D eigenvalue weighted by Gasteiger charge is 2.25. The van der Waals surface area contributed by atoms with Crippen LogP contribution >= 0.6 is 11.8 Å². The number of carbonyl (C=O) groups is 1. The molecule has 1 N–H and O–H groups in total. The second-order valence-electron chi connectivity index (χ2n) is 7.51. The van der Waals surface area contributed by atoms with Gasteiger partial charge in [0.05, 0.1) is 0 Å². The van der Waals surface area contributed by atoms with Gasteiger partial charge in [-0.05, 0) is 38.7 Å². The Balaban J connectivity index is 2.01. The van der Waals surface area contributed by atoms with Gasteiger partial charge in [-0.25, -0.2) is 4.79 Å². The van der Waals surface area contributed by atoms with Crippen molar-refractivity contribution in [3.63, 3.8) is 0 Å². The van der Waals surface area contributed by atoms with Gasteiger partial charge in [0.15, 0.2) is 0 Å². The summed E-state index contributed by atoms with van der Waals surface area (Å²) in [6.45, 7) is 9.63. The van der Waals surface area contributed by atoms with Crippen LogP contribution in [-0.4, -0.2) is 21.9 Å². The summed E-state index contributed by atoms with van der Waals surface area (Å²) >= 11 is 1.48. The van der Waals surface area contributed by atoms with Crippen LogP contribution in [0.3, 0.4) is 0 Å². The van der Waals surface area contributed by atoms with Crippen LogP contribution in [0.1, 0.15) is 58.5 Å². The summed E-state index contributed by atoms with van der Waals surface area (Å²) in [5.74, 6) is 1.50. The van der Waals surface area contributed by atoms with Crippen LogP contribution in [0, 0.1) is 5.92 Å². The van der Waals surface area contributed by atoms with Gasteiger partial charge in [-0.1, -0.05) is 55.9 Å². The lowest BCUT2D eigenvalue weighted by Gasteiger charge is -2.22. The predicted octanol–water partition coefficient (Wildman–Crippen LogP) is 4.97. The van der Waals surface area contributed by atoms with Gasteiger partial charge in [0.25, 0.3) is 5.22 Å². The number of carbonyl (C=O) groups excluding carboxylic acids is 1. The van der Waals surface area contributed by atoms with Crippen LogP contribution < -0.4 is 5.32 Å². The van der Waals surface area contributed by atoms with Crippen molar-refractivity contribution in [2.45, 2.75) is 63.7 Å². The van der Waals surface area contributed by atoms with E-state index >= 15 is 0 Å².